The molecular weight excluding hydrogens is 614 g/mol. The molecule has 2 amide bonds. The molecule has 0 spiro atoms. The van der Waals surface area contributed by atoms with Crippen LogP contribution in [0.4, 0.5) is 5.69 Å². The Kier molecular flexibility index (Phi) is 8.21. The second-order valence-corrected chi connectivity index (χ2v) is 11.7. The number of aromatic nitrogens is 3. The Labute approximate surface area is 257 Å². The molecule has 0 aliphatic carbocycles. The molecule has 3 atom stereocenters. The van der Waals surface area contributed by atoms with Crippen LogP contribution < -0.4 is 19.9 Å². The third-order valence-corrected chi connectivity index (χ3v) is 9.09. The van der Waals surface area contributed by atoms with Crippen molar-refractivity contribution in [1.82, 2.24) is 20.4 Å². The van der Waals surface area contributed by atoms with Gasteiger partial charge >= 0.3 is 11.9 Å². The minimum Gasteiger partial charge on any atom is -0.477 e. The Balaban J connectivity index is 1.15. The van der Waals surface area contributed by atoms with Crippen molar-refractivity contribution >= 4 is 58.3 Å². The molecule has 3 aliphatic rings. The van der Waals surface area contributed by atoms with Gasteiger partial charge in [-0.15, -0.1) is 23.1 Å². The van der Waals surface area contributed by atoms with E-state index < -0.39 is 41.8 Å². The Morgan fingerprint density at radius 1 is 1.32 bits per heavy atom. The normalized spacial score (nSPS) is 20.6. The molecule has 228 valence electrons. The van der Waals surface area contributed by atoms with Crippen LogP contribution >= 0.6 is 23.1 Å². The zero-order chi connectivity index (χ0) is 30.8. The molecule has 3 aromatic heterocycles. The summed E-state index contributed by atoms with van der Waals surface area (Å²) in [6, 6.07) is 6.24. The fourth-order valence-electron chi connectivity index (χ4n) is 4.88. The van der Waals surface area contributed by atoms with Crippen LogP contribution in [0.5, 0.6) is 5.75 Å². The fourth-order valence-corrected chi connectivity index (χ4v) is 6.92. The number of aromatic amines is 1. The number of esters is 1. The number of carbonyl (C=O) groups excluding carboxylic acids is 3. The van der Waals surface area contributed by atoms with Crippen LogP contribution in [0.15, 0.2) is 64.7 Å². The first kappa shape index (κ1) is 29.2. The maximum atomic E-state index is 13.2. The van der Waals surface area contributed by atoms with Gasteiger partial charge in [-0.05, 0) is 24.4 Å². The van der Waals surface area contributed by atoms with Crippen LogP contribution in [-0.4, -0.2) is 80.1 Å². The number of oxime groups is 1. The van der Waals surface area contributed by atoms with Gasteiger partial charge in [-0.2, -0.15) is 9.67 Å². The van der Waals surface area contributed by atoms with Crippen LogP contribution in [0.2, 0.25) is 0 Å². The summed E-state index contributed by atoms with van der Waals surface area (Å²) in [6.45, 7) is 1.49. The highest BCUT2D eigenvalue weighted by Gasteiger charge is 2.55. The van der Waals surface area contributed by atoms with E-state index in [2.05, 4.69) is 26.0 Å². The first-order valence-electron chi connectivity index (χ1n) is 13.4. The number of nitrogens with zero attached hydrogens (tertiary/aromatic N) is 4. The van der Waals surface area contributed by atoms with E-state index in [9.17, 15) is 24.3 Å². The Morgan fingerprint density at radius 3 is 2.91 bits per heavy atom. The topological polar surface area (TPSA) is 188 Å². The Bertz CT molecular complexity index is 1660. The molecular formula is C27H26N7O8S2+. The molecule has 44 heavy (non-hydrogen) atoms. The summed E-state index contributed by atoms with van der Waals surface area (Å²) in [5.74, 6) is -2.31. The maximum Gasteiger partial charge on any atom is 0.352 e. The van der Waals surface area contributed by atoms with E-state index in [1.807, 2.05) is 34.3 Å². The van der Waals surface area contributed by atoms with E-state index >= 15 is 0 Å². The smallest absolute Gasteiger partial charge is 0.352 e. The largest absolute Gasteiger partial charge is 0.477 e. The number of nitrogens with one attached hydrogen (secondary N) is 3. The summed E-state index contributed by atoms with van der Waals surface area (Å²) in [5, 5.41) is 27.5. The van der Waals surface area contributed by atoms with Gasteiger partial charge in [0.05, 0.1) is 22.9 Å². The molecule has 1 fully saturated rings. The van der Waals surface area contributed by atoms with E-state index in [0.717, 1.165) is 10.6 Å². The number of thioether (sulfide) groups is 1. The van der Waals surface area contributed by atoms with Gasteiger partial charge in [0.15, 0.2) is 18.5 Å². The van der Waals surface area contributed by atoms with Gasteiger partial charge in [0.25, 0.3) is 11.8 Å². The van der Waals surface area contributed by atoms with Crippen molar-refractivity contribution in [2.24, 2.45) is 5.16 Å². The third-order valence-electron chi connectivity index (χ3n) is 6.84. The Hall–Kier alpha value is -4.90. The lowest BCUT2D eigenvalue weighted by Crippen LogP contribution is -2.71. The second-order valence-electron chi connectivity index (χ2n) is 9.66. The van der Waals surface area contributed by atoms with Crippen molar-refractivity contribution in [2.45, 2.75) is 31.1 Å². The predicted molar refractivity (Wildman–Crippen MR) is 155 cm³/mol. The number of carboxylic acid groups (broad SMARTS) is 1. The van der Waals surface area contributed by atoms with Crippen molar-refractivity contribution in [3.05, 3.63) is 70.1 Å². The number of pyridine rings is 1. The van der Waals surface area contributed by atoms with Crippen molar-refractivity contribution in [1.29, 1.82) is 0 Å². The number of rotatable bonds is 11. The number of hydrogen-bond donors (Lipinski definition) is 4. The average molecular weight is 641 g/mol. The number of H-pyrrole nitrogens is 1. The molecule has 3 aromatic rings. The third kappa shape index (κ3) is 5.70. The number of ether oxygens (including phenoxy) is 2. The zero-order valence-corrected chi connectivity index (χ0v) is 24.7. The van der Waals surface area contributed by atoms with Crippen LogP contribution in [0, 0.1) is 0 Å². The lowest BCUT2D eigenvalue weighted by atomic mass is 10.0. The first-order valence-corrected chi connectivity index (χ1v) is 15.3. The highest BCUT2D eigenvalue weighted by Crippen LogP contribution is 2.41. The van der Waals surface area contributed by atoms with Crippen molar-refractivity contribution in [3.63, 3.8) is 0 Å². The number of fused-ring (bicyclic) bond motifs is 2. The number of amides is 2. The van der Waals surface area contributed by atoms with E-state index in [0.29, 0.717) is 17.1 Å². The first-order chi connectivity index (χ1) is 21.3. The van der Waals surface area contributed by atoms with E-state index in [-0.39, 0.29) is 36.5 Å². The highest BCUT2D eigenvalue weighted by atomic mass is 32.2. The standard InChI is InChI=1S/C27H25N7O8S2/c1-2-40-19(35)12-41-32-20(16-5-7-28-31-16)23(36)30-21-25(37)34-22(27(38)39)14(13-44-26(21)34)10-33-8-6-15-17(11-33)42-24(29-15)18-4-3-9-43-18/h3-9,11,21,24,26H,2,10,12-13H2,1H3,(H3,28,30,31,32,36,38,39)/p+1/t21?,24?,26-/m1/s1. The van der Waals surface area contributed by atoms with Crippen LogP contribution in [0.1, 0.15) is 23.7 Å². The van der Waals surface area contributed by atoms with Crippen LogP contribution in [0.3, 0.4) is 0 Å². The molecule has 1 saturated heterocycles. The molecule has 0 saturated carbocycles. The second kappa shape index (κ2) is 12.4. The lowest BCUT2D eigenvalue weighted by molar-refractivity contribution is -0.689. The monoisotopic (exact) mass is 640 g/mol. The summed E-state index contributed by atoms with van der Waals surface area (Å²) >= 11 is 2.91. The van der Waals surface area contributed by atoms with Crippen molar-refractivity contribution in [2.75, 3.05) is 24.3 Å². The quantitative estimate of drug-likeness (QED) is 0.0769. The average Bonchev–Trinajstić information content (AvgIpc) is 3.80. The highest BCUT2D eigenvalue weighted by molar-refractivity contribution is 8.00. The number of β-lactam (4-membered cyclic amide) rings is 1. The lowest BCUT2D eigenvalue weighted by Gasteiger charge is -2.49. The van der Waals surface area contributed by atoms with Crippen LogP contribution in [0.25, 0.3) is 0 Å². The molecule has 6 heterocycles. The number of carboxylic acids is 1. The summed E-state index contributed by atoms with van der Waals surface area (Å²) < 4.78 is 12.6. The summed E-state index contributed by atoms with van der Waals surface area (Å²) in [6.07, 6.45) is 4.71. The van der Waals surface area contributed by atoms with Gasteiger partial charge in [-0.3, -0.25) is 19.6 Å². The number of anilines is 1. The van der Waals surface area contributed by atoms with Gasteiger partial charge in [-0.1, -0.05) is 11.2 Å². The van der Waals surface area contributed by atoms with Crippen LogP contribution in [-0.2, 0) is 35.3 Å². The number of thiophene rings is 1. The summed E-state index contributed by atoms with van der Waals surface area (Å²) in [5.41, 5.74) is 1.18. The minimum atomic E-state index is -1.24. The molecule has 0 bridgehead atoms. The van der Waals surface area contributed by atoms with E-state index in [1.165, 1.54) is 28.9 Å². The number of carbonyl (C=O) groups is 4. The summed E-state index contributed by atoms with van der Waals surface area (Å²) in [4.78, 5) is 57.6. The van der Waals surface area contributed by atoms with Gasteiger partial charge in [0.1, 0.15) is 17.1 Å². The predicted octanol–water partition coefficient (Wildman–Crippen LogP) is 0.984. The Morgan fingerprint density at radius 2 is 2.18 bits per heavy atom. The molecule has 0 aromatic carbocycles. The zero-order valence-electron chi connectivity index (χ0n) is 23.1. The molecule has 15 nitrogen and oxygen atoms in total. The molecule has 3 aliphatic heterocycles. The van der Waals surface area contributed by atoms with E-state index in [1.54, 1.807) is 24.5 Å². The van der Waals surface area contributed by atoms with Gasteiger partial charge in [0.2, 0.25) is 24.8 Å². The molecule has 4 N–H and O–H groups in total. The van der Waals surface area contributed by atoms with Gasteiger partial charge in [-0.25, -0.2) is 9.59 Å². The van der Waals surface area contributed by atoms with Crippen molar-refractivity contribution in [3.8, 4) is 5.75 Å². The summed E-state index contributed by atoms with van der Waals surface area (Å²) in [7, 11) is 0. The number of aliphatic carboxylic acids is 1. The van der Waals surface area contributed by atoms with E-state index in [4.69, 9.17) is 14.3 Å². The van der Waals surface area contributed by atoms with Gasteiger partial charge in [0, 0.05) is 23.6 Å². The molecule has 17 heteroatoms. The SMILES string of the molecule is CCOC(=O)CON=C(C(=O)NC1C(=O)N2C(C(=O)O)=C(C[n+]3ccc4c(c3)OC(c3cccs3)N4)CS[C@H]12)c1ccn[nH]1. The fraction of sp³-hybridized carbons (Fsp3) is 0.296. The van der Waals surface area contributed by atoms with Crippen molar-refractivity contribution < 1.29 is 43.2 Å². The van der Waals surface area contributed by atoms with Gasteiger partial charge < -0.3 is 30.1 Å². The molecule has 0 radical (unpaired) electrons. The molecule has 2 unspecified atom stereocenters. The molecule has 6 rings (SSSR count). The maximum absolute atomic E-state index is 13.2. The number of hydrogen-bond acceptors (Lipinski definition) is 12. The minimum absolute atomic E-state index is 0.118.